The number of halogens is 1. The monoisotopic (exact) mass is 296 g/mol. The molecule has 2 rings (SSSR count). The predicted octanol–water partition coefficient (Wildman–Crippen LogP) is 1.49. The molecule has 0 fully saturated rings. The summed E-state index contributed by atoms with van der Waals surface area (Å²) in [6.07, 6.45) is 0.899. The van der Waals surface area contributed by atoms with Gasteiger partial charge in [0.1, 0.15) is 5.82 Å². The van der Waals surface area contributed by atoms with E-state index in [1.54, 1.807) is 7.05 Å². The highest BCUT2D eigenvalue weighted by molar-refractivity contribution is 5.85. The van der Waals surface area contributed by atoms with E-state index in [4.69, 9.17) is 0 Å². The van der Waals surface area contributed by atoms with Crippen molar-refractivity contribution in [3.05, 3.63) is 30.1 Å². The van der Waals surface area contributed by atoms with Crippen LogP contribution in [-0.4, -0.2) is 35.6 Å². The lowest BCUT2D eigenvalue weighted by Crippen LogP contribution is -2.33. The van der Waals surface area contributed by atoms with Crippen LogP contribution in [0.15, 0.2) is 24.3 Å². The van der Waals surface area contributed by atoms with Crippen LogP contribution in [0.2, 0.25) is 0 Å². The molecule has 1 aromatic heterocycles. The Morgan fingerprint density at radius 1 is 1.35 bits per heavy atom. The summed E-state index contributed by atoms with van der Waals surface area (Å²) in [6, 6.07) is 8.12. The van der Waals surface area contributed by atoms with Gasteiger partial charge in [0.15, 0.2) is 0 Å². The van der Waals surface area contributed by atoms with Gasteiger partial charge in [0.05, 0.1) is 17.6 Å². The largest absolute Gasteiger partial charge is 0.355 e. The zero-order chi connectivity index (χ0) is 13.7. The first-order valence-electron chi connectivity index (χ1n) is 6.55. The van der Waals surface area contributed by atoms with Gasteiger partial charge in [-0.2, -0.15) is 0 Å². The number of imidazole rings is 1. The molecular formula is C14H21ClN4O. The minimum absolute atomic E-state index is 0. The number of carbonyl (C=O) groups is 1. The molecule has 110 valence electrons. The Kier molecular flexibility index (Phi) is 6.48. The molecule has 0 aliphatic rings. The Labute approximate surface area is 125 Å². The zero-order valence-corrected chi connectivity index (χ0v) is 12.7. The second kappa shape index (κ2) is 7.87. The molecule has 2 aromatic rings. The first-order chi connectivity index (χ1) is 9.22. The Morgan fingerprint density at radius 3 is 2.85 bits per heavy atom. The fourth-order valence-electron chi connectivity index (χ4n) is 2.17. The summed E-state index contributed by atoms with van der Waals surface area (Å²) in [7, 11) is 1.76. The van der Waals surface area contributed by atoms with Crippen molar-refractivity contribution in [1.82, 2.24) is 20.2 Å². The van der Waals surface area contributed by atoms with Crippen molar-refractivity contribution in [3.8, 4) is 0 Å². The van der Waals surface area contributed by atoms with Crippen LogP contribution in [0, 0.1) is 6.92 Å². The van der Waals surface area contributed by atoms with E-state index in [0.717, 1.165) is 29.8 Å². The van der Waals surface area contributed by atoms with Gasteiger partial charge in [-0.3, -0.25) is 4.79 Å². The number of rotatable bonds is 6. The van der Waals surface area contributed by atoms with Gasteiger partial charge in [-0.15, -0.1) is 12.4 Å². The summed E-state index contributed by atoms with van der Waals surface area (Å²) in [5.41, 5.74) is 2.18. The lowest BCUT2D eigenvalue weighted by atomic mass is 10.3. The minimum Gasteiger partial charge on any atom is -0.355 e. The van der Waals surface area contributed by atoms with E-state index in [2.05, 4.69) is 26.3 Å². The Morgan fingerprint density at radius 2 is 2.10 bits per heavy atom. The minimum atomic E-state index is 0. The quantitative estimate of drug-likeness (QED) is 0.794. The SMILES string of the molecule is CNCC(=O)NCCCn1c(C)nc2ccccc21.Cl. The van der Waals surface area contributed by atoms with Crippen LogP contribution < -0.4 is 10.6 Å². The molecule has 0 bridgehead atoms. The van der Waals surface area contributed by atoms with Crippen LogP contribution in [0.3, 0.4) is 0 Å². The van der Waals surface area contributed by atoms with Gasteiger partial charge in [0.25, 0.3) is 0 Å². The number of nitrogens with one attached hydrogen (secondary N) is 2. The summed E-state index contributed by atoms with van der Waals surface area (Å²) >= 11 is 0. The van der Waals surface area contributed by atoms with Crippen LogP contribution in [0.4, 0.5) is 0 Å². The number of para-hydroxylation sites is 2. The van der Waals surface area contributed by atoms with Crippen LogP contribution in [-0.2, 0) is 11.3 Å². The zero-order valence-electron chi connectivity index (χ0n) is 11.8. The van der Waals surface area contributed by atoms with Crippen LogP contribution >= 0.6 is 12.4 Å². The van der Waals surface area contributed by atoms with Gasteiger partial charge < -0.3 is 15.2 Å². The molecule has 0 atom stereocenters. The topological polar surface area (TPSA) is 59.0 Å². The van der Waals surface area contributed by atoms with E-state index in [1.807, 2.05) is 25.1 Å². The fraction of sp³-hybridized carbons (Fsp3) is 0.429. The van der Waals surface area contributed by atoms with E-state index in [0.29, 0.717) is 13.1 Å². The van der Waals surface area contributed by atoms with Crippen LogP contribution in [0.1, 0.15) is 12.2 Å². The maximum atomic E-state index is 11.3. The molecule has 0 aliphatic heterocycles. The van der Waals surface area contributed by atoms with Crippen molar-refractivity contribution in [2.45, 2.75) is 19.9 Å². The molecule has 0 aliphatic carbocycles. The molecule has 1 amide bonds. The number of nitrogens with zero attached hydrogens (tertiary/aromatic N) is 2. The summed E-state index contributed by atoms with van der Waals surface area (Å²) in [5, 5.41) is 5.71. The van der Waals surface area contributed by atoms with E-state index in [1.165, 1.54) is 0 Å². The fourth-order valence-corrected chi connectivity index (χ4v) is 2.17. The Bertz CT molecular complexity index is 567. The molecule has 5 nitrogen and oxygen atoms in total. The Hall–Kier alpha value is -1.59. The van der Waals surface area contributed by atoms with E-state index in [-0.39, 0.29) is 18.3 Å². The smallest absolute Gasteiger partial charge is 0.233 e. The van der Waals surface area contributed by atoms with Crippen molar-refractivity contribution in [3.63, 3.8) is 0 Å². The van der Waals surface area contributed by atoms with Gasteiger partial charge in [-0.1, -0.05) is 12.1 Å². The van der Waals surface area contributed by atoms with Gasteiger partial charge >= 0.3 is 0 Å². The molecule has 1 aromatic carbocycles. The highest BCUT2D eigenvalue weighted by Crippen LogP contribution is 2.15. The second-order valence-electron chi connectivity index (χ2n) is 4.53. The number of aryl methyl sites for hydroxylation is 2. The molecular weight excluding hydrogens is 276 g/mol. The predicted molar refractivity (Wildman–Crippen MR) is 83.3 cm³/mol. The molecule has 0 saturated carbocycles. The van der Waals surface area contributed by atoms with E-state index >= 15 is 0 Å². The number of hydrogen-bond donors (Lipinski definition) is 2. The first kappa shape index (κ1) is 16.5. The molecule has 6 heteroatoms. The molecule has 1 heterocycles. The number of carbonyl (C=O) groups excluding carboxylic acids is 1. The molecule has 2 N–H and O–H groups in total. The number of likely N-dealkylation sites (N-methyl/N-ethyl adjacent to an activating group) is 1. The van der Waals surface area contributed by atoms with Crippen molar-refractivity contribution < 1.29 is 4.79 Å². The van der Waals surface area contributed by atoms with Gasteiger partial charge in [-0.25, -0.2) is 4.98 Å². The third-order valence-electron chi connectivity index (χ3n) is 3.06. The molecule has 0 radical (unpaired) electrons. The number of aromatic nitrogens is 2. The average molecular weight is 297 g/mol. The summed E-state index contributed by atoms with van der Waals surface area (Å²) in [4.78, 5) is 15.8. The van der Waals surface area contributed by atoms with Crippen LogP contribution in [0.5, 0.6) is 0 Å². The van der Waals surface area contributed by atoms with E-state index in [9.17, 15) is 4.79 Å². The summed E-state index contributed by atoms with van der Waals surface area (Å²) in [5.74, 6) is 1.05. The number of amides is 1. The van der Waals surface area contributed by atoms with Crippen molar-refractivity contribution in [2.75, 3.05) is 20.1 Å². The third-order valence-corrected chi connectivity index (χ3v) is 3.06. The molecule has 20 heavy (non-hydrogen) atoms. The third kappa shape index (κ3) is 3.95. The molecule has 0 saturated heterocycles. The highest BCUT2D eigenvalue weighted by Gasteiger charge is 2.06. The lowest BCUT2D eigenvalue weighted by molar-refractivity contribution is -0.120. The maximum Gasteiger partial charge on any atom is 0.233 e. The average Bonchev–Trinajstić information content (AvgIpc) is 2.71. The van der Waals surface area contributed by atoms with Crippen molar-refractivity contribution in [2.24, 2.45) is 0 Å². The van der Waals surface area contributed by atoms with Gasteiger partial charge in [0.2, 0.25) is 5.91 Å². The van der Waals surface area contributed by atoms with Crippen molar-refractivity contribution >= 4 is 29.3 Å². The lowest BCUT2D eigenvalue weighted by Gasteiger charge is -2.08. The maximum absolute atomic E-state index is 11.3. The Balaban J connectivity index is 0.00000200. The van der Waals surface area contributed by atoms with E-state index < -0.39 is 0 Å². The van der Waals surface area contributed by atoms with Gasteiger partial charge in [0, 0.05) is 13.1 Å². The van der Waals surface area contributed by atoms with Crippen molar-refractivity contribution in [1.29, 1.82) is 0 Å². The number of fused-ring (bicyclic) bond motifs is 1. The summed E-state index contributed by atoms with van der Waals surface area (Å²) in [6.45, 7) is 3.94. The highest BCUT2D eigenvalue weighted by atomic mass is 35.5. The van der Waals surface area contributed by atoms with Crippen LogP contribution in [0.25, 0.3) is 11.0 Å². The molecule has 0 unspecified atom stereocenters. The molecule has 0 spiro atoms. The van der Waals surface area contributed by atoms with Gasteiger partial charge in [-0.05, 0) is 32.5 Å². The standard InChI is InChI=1S/C14H20N4O.ClH/c1-11-17-12-6-3-4-7-13(12)18(11)9-5-8-16-14(19)10-15-2;/h3-4,6-7,15H,5,8-10H2,1-2H3,(H,16,19);1H. The summed E-state index contributed by atoms with van der Waals surface area (Å²) < 4.78 is 2.19. The first-order valence-corrected chi connectivity index (χ1v) is 6.55. The number of hydrogen-bond acceptors (Lipinski definition) is 3. The number of benzene rings is 1. The normalized spacial score (nSPS) is 10.3. The second-order valence-corrected chi connectivity index (χ2v) is 4.53.